The molecule has 82 valence electrons. The molecule has 0 saturated heterocycles. The Bertz CT molecular complexity index is 511. The lowest BCUT2D eigenvalue weighted by Crippen LogP contribution is -2.36. The van der Waals surface area contributed by atoms with Crippen LogP contribution in [0.3, 0.4) is 0 Å². The maximum absolute atomic E-state index is 5.65. The fraction of sp³-hybridized carbons (Fsp3) is 0.357. The molecule has 2 heteroatoms. The van der Waals surface area contributed by atoms with Crippen LogP contribution in [0.15, 0.2) is 36.4 Å². The summed E-state index contributed by atoms with van der Waals surface area (Å²) < 4.78 is 5.65. The molecule has 1 heterocycles. The van der Waals surface area contributed by atoms with Crippen LogP contribution in [0.5, 0.6) is 0 Å². The summed E-state index contributed by atoms with van der Waals surface area (Å²) in [5, 5.41) is 1.19. The largest absolute Gasteiger partial charge is 0.372 e. The summed E-state index contributed by atoms with van der Waals surface area (Å²) in [4.78, 5) is 4.72. The van der Waals surface area contributed by atoms with Crippen molar-refractivity contribution in [2.75, 3.05) is 7.11 Å². The van der Waals surface area contributed by atoms with Gasteiger partial charge in [0.1, 0.15) is 5.60 Å². The van der Waals surface area contributed by atoms with Gasteiger partial charge < -0.3 is 4.74 Å². The number of hydrogen-bond acceptors (Lipinski definition) is 2. The molecule has 3 rings (SSSR count). The van der Waals surface area contributed by atoms with Crippen molar-refractivity contribution in [2.24, 2.45) is 0 Å². The maximum atomic E-state index is 5.65. The van der Waals surface area contributed by atoms with E-state index in [1.165, 1.54) is 11.8 Å². The number of fused-ring (bicyclic) bond motifs is 1. The van der Waals surface area contributed by atoms with Gasteiger partial charge in [0.2, 0.25) is 0 Å². The summed E-state index contributed by atoms with van der Waals surface area (Å²) in [6.45, 7) is 0. The molecule has 1 fully saturated rings. The number of aromatic nitrogens is 1. The molecule has 0 spiro atoms. The van der Waals surface area contributed by atoms with Gasteiger partial charge in [-0.05, 0) is 31.4 Å². The maximum Gasteiger partial charge on any atom is 0.110 e. The van der Waals surface area contributed by atoms with Crippen molar-refractivity contribution >= 4 is 10.9 Å². The van der Waals surface area contributed by atoms with E-state index < -0.39 is 0 Å². The average Bonchev–Trinajstić information content (AvgIpc) is 2.28. The quantitative estimate of drug-likeness (QED) is 0.764. The first-order valence-electron chi connectivity index (χ1n) is 5.75. The van der Waals surface area contributed by atoms with Crippen molar-refractivity contribution in [2.45, 2.75) is 24.9 Å². The van der Waals surface area contributed by atoms with Gasteiger partial charge >= 0.3 is 0 Å². The van der Waals surface area contributed by atoms with Crippen LogP contribution in [0.2, 0.25) is 0 Å². The SMILES string of the molecule is COC1(c2ccc3ccccc3n2)CCC1. The molecule has 0 amide bonds. The van der Waals surface area contributed by atoms with Gasteiger partial charge in [-0.25, -0.2) is 4.98 Å². The van der Waals surface area contributed by atoms with Crippen LogP contribution < -0.4 is 0 Å². The fourth-order valence-corrected chi connectivity index (χ4v) is 2.38. The predicted molar refractivity (Wildman–Crippen MR) is 64.3 cm³/mol. The molecule has 0 radical (unpaired) electrons. The third-order valence-corrected chi connectivity index (χ3v) is 3.62. The van der Waals surface area contributed by atoms with Crippen LogP contribution in [0.25, 0.3) is 10.9 Å². The molecule has 0 aliphatic heterocycles. The van der Waals surface area contributed by atoms with Crippen molar-refractivity contribution in [1.82, 2.24) is 4.98 Å². The van der Waals surface area contributed by atoms with Crippen LogP contribution in [-0.4, -0.2) is 12.1 Å². The Labute approximate surface area is 95.3 Å². The van der Waals surface area contributed by atoms with Gasteiger partial charge in [-0.2, -0.15) is 0 Å². The lowest BCUT2D eigenvalue weighted by Gasteiger charge is -2.39. The van der Waals surface area contributed by atoms with E-state index in [0.717, 1.165) is 24.1 Å². The Hall–Kier alpha value is -1.41. The van der Waals surface area contributed by atoms with E-state index in [1.54, 1.807) is 7.11 Å². The van der Waals surface area contributed by atoms with E-state index in [0.29, 0.717) is 0 Å². The Balaban J connectivity index is 2.11. The molecule has 16 heavy (non-hydrogen) atoms. The smallest absolute Gasteiger partial charge is 0.110 e. The van der Waals surface area contributed by atoms with Gasteiger partial charge in [0, 0.05) is 12.5 Å². The molecule has 1 aromatic heterocycles. The number of nitrogens with zero attached hydrogens (tertiary/aromatic N) is 1. The second-order valence-electron chi connectivity index (χ2n) is 4.44. The average molecular weight is 213 g/mol. The minimum atomic E-state index is -0.107. The Morgan fingerprint density at radius 2 is 1.94 bits per heavy atom. The van der Waals surface area contributed by atoms with Gasteiger partial charge in [0.15, 0.2) is 0 Å². The zero-order chi connectivity index (χ0) is 11.0. The molecule has 1 saturated carbocycles. The second kappa shape index (κ2) is 3.56. The molecular formula is C14H15NO. The Morgan fingerprint density at radius 1 is 1.12 bits per heavy atom. The summed E-state index contributed by atoms with van der Waals surface area (Å²) in [5.41, 5.74) is 2.03. The first kappa shape index (κ1) is 9.79. The summed E-state index contributed by atoms with van der Waals surface area (Å²) in [6, 6.07) is 12.5. The van der Waals surface area contributed by atoms with Gasteiger partial charge in [-0.1, -0.05) is 24.3 Å². The molecular weight excluding hydrogens is 198 g/mol. The van der Waals surface area contributed by atoms with Gasteiger partial charge in [0.25, 0.3) is 0 Å². The van der Waals surface area contributed by atoms with Crippen molar-refractivity contribution in [3.05, 3.63) is 42.1 Å². The van der Waals surface area contributed by atoms with Gasteiger partial charge in [-0.15, -0.1) is 0 Å². The normalized spacial score (nSPS) is 18.3. The van der Waals surface area contributed by atoms with E-state index in [-0.39, 0.29) is 5.60 Å². The van der Waals surface area contributed by atoms with Crippen LogP contribution in [0.4, 0.5) is 0 Å². The Kier molecular flexibility index (Phi) is 2.18. The highest BCUT2D eigenvalue weighted by atomic mass is 16.5. The summed E-state index contributed by atoms with van der Waals surface area (Å²) in [6.07, 6.45) is 3.42. The van der Waals surface area contributed by atoms with E-state index >= 15 is 0 Å². The zero-order valence-corrected chi connectivity index (χ0v) is 9.44. The third-order valence-electron chi connectivity index (χ3n) is 3.62. The fourth-order valence-electron chi connectivity index (χ4n) is 2.38. The predicted octanol–water partition coefficient (Wildman–Crippen LogP) is 3.26. The first-order valence-corrected chi connectivity index (χ1v) is 5.75. The van der Waals surface area contributed by atoms with E-state index in [1.807, 2.05) is 12.1 Å². The molecule has 2 aromatic rings. The van der Waals surface area contributed by atoms with Gasteiger partial charge in [-0.3, -0.25) is 0 Å². The standard InChI is InChI=1S/C14H15NO/c1-16-14(9-4-10-14)13-8-7-11-5-2-3-6-12(11)15-13/h2-3,5-8H,4,9-10H2,1H3. The monoisotopic (exact) mass is 213 g/mol. The summed E-state index contributed by atoms with van der Waals surface area (Å²) >= 11 is 0. The number of benzene rings is 1. The molecule has 0 atom stereocenters. The molecule has 1 aromatic carbocycles. The number of methoxy groups -OCH3 is 1. The highest BCUT2D eigenvalue weighted by molar-refractivity contribution is 5.78. The number of ether oxygens (including phenoxy) is 1. The number of rotatable bonds is 2. The van der Waals surface area contributed by atoms with Crippen molar-refractivity contribution in [3.8, 4) is 0 Å². The molecule has 0 N–H and O–H groups in total. The first-order chi connectivity index (χ1) is 7.84. The van der Waals surface area contributed by atoms with Crippen LogP contribution in [0, 0.1) is 0 Å². The van der Waals surface area contributed by atoms with E-state index in [2.05, 4.69) is 24.3 Å². The summed E-state index contributed by atoms with van der Waals surface area (Å²) in [5.74, 6) is 0. The van der Waals surface area contributed by atoms with E-state index in [4.69, 9.17) is 9.72 Å². The van der Waals surface area contributed by atoms with E-state index in [9.17, 15) is 0 Å². The molecule has 2 nitrogen and oxygen atoms in total. The minimum absolute atomic E-state index is 0.107. The number of hydrogen-bond donors (Lipinski definition) is 0. The van der Waals surface area contributed by atoms with Crippen LogP contribution in [-0.2, 0) is 10.3 Å². The third kappa shape index (κ3) is 1.34. The molecule has 0 unspecified atom stereocenters. The highest BCUT2D eigenvalue weighted by Gasteiger charge is 2.40. The second-order valence-corrected chi connectivity index (χ2v) is 4.44. The zero-order valence-electron chi connectivity index (χ0n) is 9.44. The minimum Gasteiger partial charge on any atom is -0.372 e. The molecule has 1 aliphatic carbocycles. The topological polar surface area (TPSA) is 22.1 Å². The number of pyridine rings is 1. The van der Waals surface area contributed by atoms with Gasteiger partial charge in [0.05, 0.1) is 11.2 Å². The number of para-hydroxylation sites is 1. The van der Waals surface area contributed by atoms with Crippen molar-refractivity contribution in [1.29, 1.82) is 0 Å². The summed E-state index contributed by atoms with van der Waals surface area (Å²) in [7, 11) is 1.79. The lowest BCUT2D eigenvalue weighted by atomic mass is 9.77. The molecule has 0 bridgehead atoms. The Morgan fingerprint density at radius 3 is 2.62 bits per heavy atom. The van der Waals surface area contributed by atoms with Crippen LogP contribution >= 0.6 is 0 Å². The van der Waals surface area contributed by atoms with Crippen molar-refractivity contribution in [3.63, 3.8) is 0 Å². The molecule has 1 aliphatic rings. The van der Waals surface area contributed by atoms with Crippen molar-refractivity contribution < 1.29 is 4.74 Å². The lowest BCUT2D eigenvalue weighted by molar-refractivity contribution is -0.0809. The van der Waals surface area contributed by atoms with Crippen LogP contribution in [0.1, 0.15) is 25.0 Å². The highest BCUT2D eigenvalue weighted by Crippen LogP contribution is 2.43.